The maximum Gasteiger partial charge on any atom is 0.283 e. The van der Waals surface area contributed by atoms with Crippen LogP contribution in [0.3, 0.4) is 0 Å². The molecule has 33 heavy (non-hydrogen) atoms. The van der Waals surface area contributed by atoms with Crippen molar-refractivity contribution in [2.45, 2.75) is 12.8 Å². The smallest absolute Gasteiger partial charge is 0.283 e. The Labute approximate surface area is 200 Å². The summed E-state index contributed by atoms with van der Waals surface area (Å²) in [4.78, 5) is 18.9. The van der Waals surface area contributed by atoms with Gasteiger partial charge in [-0.1, -0.05) is 0 Å². The van der Waals surface area contributed by atoms with Crippen molar-refractivity contribution in [3.63, 3.8) is 0 Å². The van der Waals surface area contributed by atoms with Crippen LogP contribution >= 0.6 is 12.2 Å². The van der Waals surface area contributed by atoms with Crippen LogP contribution in [0.4, 0.5) is 11.5 Å². The summed E-state index contributed by atoms with van der Waals surface area (Å²) in [7, 11) is 8.81. The number of benzene rings is 1. The van der Waals surface area contributed by atoms with Gasteiger partial charge in [-0.25, -0.2) is 9.47 Å². The fourth-order valence-corrected chi connectivity index (χ4v) is 4.04. The maximum absolute atomic E-state index is 12.2. The Morgan fingerprint density at radius 1 is 1.15 bits per heavy atom. The molecule has 2 heterocycles. The van der Waals surface area contributed by atoms with E-state index in [1.807, 2.05) is 6.07 Å². The minimum Gasteiger partial charge on any atom is -0.493 e. The minimum absolute atomic E-state index is 0.162. The molecule has 3 rings (SSSR count). The first-order valence-electron chi connectivity index (χ1n) is 10.7. The lowest BCUT2D eigenvalue weighted by atomic mass is 10.1. The Bertz CT molecular complexity index is 1030. The zero-order valence-electron chi connectivity index (χ0n) is 19.8. The third-order valence-electron chi connectivity index (χ3n) is 5.56. The molecule has 2 aromatic rings. The maximum atomic E-state index is 12.2. The molecule has 1 aromatic carbocycles. The number of anilines is 1. The van der Waals surface area contributed by atoms with Crippen LogP contribution in [0, 0.1) is 0 Å². The number of unbranched alkanes of at least 4 members (excludes halogenated alkanes) is 1. The summed E-state index contributed by atoms with van der Waals surface area (Å²) in [5, 5.41) is 3.76. The molecular formula is C24H31N4O4S+. The molecule has 0 unspecified atom stereocenters. The van der Waals surface area contributed by atoms with Gasteiger partial charge < -0.3 is 19.5 Å². The Hall–Kier alpha value is -3.17. The monoisotopic (exact) mass is 471 g/mol. The average molecular weight is 472 g/mol. The normalized spacial score (nSPS) is 14.3. The first kappa shape index (κ1) is 24.5. The summed E-state index contributed by atoms with van der Waals surface area (Å²) in [6, 6.07) is 7.58. The van der Waals surface area contributed by atoms with E-state index in [4.69, 9.17) is 26.4 Å². The number of hydrogen-bond donors (Lipinski definition) is 1. The number of aromatic nitrogens is 1. The number of nitrogens with one attached hydrogen (secondary N) is 1. The largest absolute Gasteiger partial charge is 0.493 e. The molecule has 176 valence electrons. The number of rotatable bonds is 10. The molecule has 8 nitrogen and oxygen atoms in total. The first-order chi connectivity index (χ1) is 15.8. The zero-order chi connectivity index (χ0) is 24.0. The molecule has 1 amide bonds. The lowest BCUT2D eigenvalue weighted by molar-refractivity contribution is -0.116. The third-order valence-corrected chi connectivity index (χ3v) is 6.23. The minimum atomic E-state index is -0.162. The molecule has 0 spiro atoms. The second-order valence-electron chi connectivity index (χ2n) is 8.02. The van der Waals surface area contributed by atoms with Crippen molar-refractivity contribution >= 4 is 40.8 Å². The third kappa shape index (κ3) is 5.26. The van der Waals surface area contributed by atoms with E-state index in [-0.39, 0.29) is 5.91 Å². The van der Waals surface area contributed by atoms with E-state index in [9.17, 15) is 4.79 Å². The fourth-order valence-electron chi connectivity index (χ4n) is 3.76. The summed E-state index contributed by atoms with van der Waals surface area (Å²) < 4.78 is 16.5. The predicted octanol–water partition coefficient (Wildman–Crippen LogP) is 3.39. The van der Waals surface area contributed by atoms with E-state index in [1.54, 1.807) is 45.7 Å². The summed E-state index contributed by atoms with van der Waals surface area (Å²) in [5.74, 6) is 2.35. The second-order valence-corrected chi connectivity index (χ2v) is 8.39. The van der Waals surface area contributed by atoms with Gasteiger partial charge in [-0.3, -0.25) is 9.69 Å². The van der Waals surface area contributed by atoms with Crippen molar-refractivity contribution in [1.82, 2.24) is 14.8 Å². The number of hydrogen-bond acceptors (Lipinski definition) is 6. The number of thiocarbonyl (C=S) groups is 1. The number of pyridine rings is 1. The van der Waals surface area contributed by atoms with Gasteiger partial charge in [0, 0.05) is 43.6 Å². The molecule has 0 atom stereocenters. The topological polar surface area (TPSA) is 72.9 Å². The van der Waals surface area contributed by atoms with Crippen molar-refractivity contribution in [1.29, 1.82) is 0 Å². The summed E-state index contributed by atoms with van der Waals surface area (Å²) in [6.45, 7) is 1.34. The van der Waals surface area contributed by atoms with Crippen LogP contribution in [0.15, 0.2) is 36.5 Å². The first-order valence-corrected chi connectivity index (χ1v) is 11.1. The number of nitrogens with zero attached hydrogens (tertiary/aromatic N) is 3. The molecule has 0 saturated heterocycles. The van der Waals surface area contributed by atoms with Crippen molar-refractivity contribution in [2.75, 3.05) is 53.4 Å². The van der Waals surface area contributed by atoms with Gasteiger partial charge in [0.05, 0.1) is 35.4 Å². The van der Waals surface area contributed by atoms with Gasteiger partial charge in [-0.15, -0.1) is 0 Å². The van der Waals surface area contributed by atoms with E-state index in [0.717, 1.165) is 41.6 Å². The number of amides is 1. The van der Waals surface area contributed by atoms with E-state index in [1.165, 1.54) is 6.08 Å². The van der Waals surface area contributed by atoms with Crippen LogP contribution in [0.5, 0.6) is 17.2 Å². The highest BCUT2D eigenvalue weighted by molar-refractivity contribution is 7.80. The van der Waals surface area contributed by atoms with Gasteiger partial charge in [-0.05, 0) is 42.7 Å². The molecule has 0 radical (unpaired) electrons. The summed E-state index contributed by atoms with van der Waals surface area (Å²) in [6.07, 6.45) is 6.72. The van der Waals surface area contributed by atoms with Crippen LogP contribution in [0.25, 0.3) is 6.08 Å². The van der Waals surface area contributed by atoms with Crippen LogP contribution in [0.1, 0.15) is 18.4 Å². The molecular weight excluding hydrogens is 440 g/mol. The molecule has 0 saturated carbocycles. The van der Waals surface area contributed by atoms with Gasteiger partial charge in [0.2, 0.25) is 17.5 Å². The Kier molecular flexibility index (Phi) is 7.88. The van der Waals surface area contributed by atoms with Gasteiger partial charge in [0.1, 0.15) is 0 Å². The van der Waals surface area contributed by atoms with Gasteiger partial charge in [-0.2, -0.15) is 0 Å². The Morgan fingerprint density at radius 3 is 2.48 bits per heavy atom. The van der Waals surface area contributed by atoms with E-state index in [0.29, 0.717) is 28.3 Å². The van der Waals surface area contributed by atoms with Crippen LogP contribution < -0.4 is 28.9 Å². The number of ether oxygens (including phenoxy) is 3. The van der Waals surface area contributed by atoms with Crippen molar-refractivity contribution in [3.05, 3.63) is 42.1 Å². The highest BCUT2D eigenvalue weighted by atomic mass is 32.1. The average Bonchev–Trinajstić information content (AvgIpc) is 3.02. The molecule has 1 aromatic heterocycles. The number of carbonyl (C=O) groups is 1. The summed E-state index contributed by atoms with van der Waals surface area (Å²) >= 11 is 5.69. The van der Waals surface area contributed by atoms with Crippen molar-refractivity contribution < 1.29 is 19.0 Å². The number of fused-ring (bicyclic) bond motifs is 1. The van der Waals surface area contributed by atoms with E-state index >= 15 is 0 Å². The zero-order valence-corrected chi connectivity index (χ0v) is 20.6. The number of carbonyl (C=O) groups excluding carboxylic acids is 1. The Balaban J connectivity index is 1.49. The molecule has 1 N–H and O–H groups in total. The van der Waals surface area contributed by atoms with E-state index in [2.05, 4.69) is 35.4 Å². The Morgan fingerprint density at radius 2 is 1.85 bits per heavy atom. The van der Waals surface area contributed by atoms with Gasteiger partial charge in [0.15, 0.2) is 17.2 Å². The lowest BCUT2D eigenvalue weighted by Crippen LogP contribution is -2.48. The molecule has 1 aliphatic rings. The molecule has 0 aliphatic carbocycles. The molecule has 1 aliphatic heterocycles. The number of quaternary nitrogens is 1. The molecule has 9 heteroatoms. The quantitative estimate of drug-likeness (QED) is 0.246. The van der Waals surface area contributed by atoms with Gasteiger partial charge in [0.25, 0.3) is 5.11 Å². The van der Waals surface area contributed by atoms with Crippen molar-refractivity contribution in [2.24, 2.45) is 0 Å². The summed E-state index contributed by atoms with van der Waals surface area (Å²) in [5.41, 5.74) is 1.88. The standard InChI is InChI=1S/C24H30N4O4S/c1-28(2)18-9-8-13-26-23(18)27(24(28)33)14-7-6-12-25-21(29)11-10-17-15-19(30-3)22(32-5)20(16-17)31-4/h8-11,13,15-16H,6-7,12,14H2,1-5H3/p+1/b11-10+. The SMILES string of the molecule is COc1cc(/C=C/C(=O)NCCCCN2C(=S)[N+](C)(C)c3cccnc32)cc(OC)c1OC. The number of methoxy groups -OCH3 is 3. The second kappa shape index (κ2) is 10.6. The van der Waals surface area contributed by atoms with Crippen molar-refractivity contribution in [3.8, 4) is 17.2 Å². The van der Waals surface area contributed by atoms with Crippen LogP contribution in [-0.4, -0.2) is 64.5 Å². The lowest BCUT2D eigenvalue weighted by Gasteiger charge is -2.23. The molecule has 0 fully saturated rings. The molecule has 0 bridgehead atoms. The van der Waals surface area contributed by atoms with E-state index < -0.39 is 0 Å². The van der Waals surface area contributed by atoms with Gasteiger partial charge >= 0.3 is 0 Å². The highest BCUT2D eigenvalue weighted by Gasteiger charge is 2.43. The highest BCUT2D eigenvalue weighted by Crippen LogP contribution is 2.39. The van der Waals surface area contributed by atoms with Crippen LogP contribution in [-0.2, 0) is 4.79 Å². The fraction of sp³-hybridized carbons (Fsp3) is 0.375. The van der Waals surface area contributed by atoms with Crippen LogP contribution in [0.2, 0.25) is 0 Å². The predicted molar refractivity (Wildman–Crippen MR) is 135 cm³/mol.